The molecule has 8 nitrogen and oxygen atoms in total. The van der Waals surface area contributed by atoms with Crippen molar-refractivity contribution < 1.29 is 29.1 Å². The molecule has 0 unspecified atom stereocenters. The van der Waals surface area contributed by atoms with Gasteiger partial charge in [-0.2, -0.15) is 0 Å². The van der Waals surface area contributed by atoms with Crippen molar-refractivity contribution in [2.45, 2.75) is 69.8 Å². The summed E-state index contributed by atoms with van der Waals surface area (Å²) < 4.78 is 13.4. The van der Waals surface area contributed by atoms with Crippen LogP contribution >= 0.6 is 15.9 Å². The molecule has 2 amide bonds. The number of phenols is 1. The molecule has 2 N–H and O–H groups in total. The number of ether oxygens (including phenoxy) is 1. The number of nitrogens with zero attached hydrogens (tertiary/aromatic N) is 2. The first kappa shape index (κ1) is 32.8. The van der Waals surface area contributed by atoms with E-state index in [2.05, 4.69) is 20.9 Å². The van der Waals surface area contributed by atoms with Crippen molar-refractivity contribution in [3.05, 3.63) is 99.8 Å². The fraction of sp³-hybridized carbons (Fsp3) is 0.395. The maximum Gasteiger partial charge on any atom is 0.455 e. The van der Waals surface area contributed by atoms with Crippen molar-refractivity contribution in [3.8, 4) is 11.5 Å². The predicted octanol–water partition coefficient (Wildman–Crippen LogP) is 7.08. The number of phenolic OH excluding ortho intramolecular Hbond substituents is 1. The number of carbonyl (C=O) groups excluding carboxylic acids is 2. The number of fused-ring (bicyclic) bond motifs is 3. The molecule has 3 heterocycles. The Kier molecular flexibility index (Phi) is 9.84. The molecule has 0 bridgehead atoms. The Bertz CT molecular complexity index is 1710. The van der Waals surface area contributed by atoms with E-state index in [0.717, 1.165) is 64.7 Å². The molecule has 4 atom stereocenters. The summed E-state index contributed by atoms with van der Waals surface area (Å²) in [7, 11) is -1.07. The summed E-state index contributed by atoms with van der Waals surface area (Å²) in [6.07, 6.45) is 9.80. The van der Waals surface area contributed by atoms with Crippen LogP contribution in [0.25, 0.3) is 11.6 Å². The molecular weight excluding hydrogens is 671 g/mol. The number of allylic oxidation sites excluding steroid dienone is 1. The van der Waals surface area contributed by atoms with Crippen molar-refractivity contribution in [1.29, 1.82) is 0 Å². The van der Waals surface area contributed by atoms with E-state index < -0.39 is 25.1 Å². The summed E-state index contributed by atoms with van der Waals surface area (Å²) in [5.41, 5.74) is 4.28. The Morgan fingerprint density at radius 2 is 1.81 bits per heavy atom. The number of aromatic nitrogens is 1. The first-order chi connectivity index (χ1) is 23.4. The van der Waals surface area contributed by atoms with Crippen LogP contribution in [0.4, 0.5) is 0 Å². The van der Waals surface area contributed by atoms with E-state index in [1.165, 1.54) is 0 Å². The van der Waals surface area contributed by atoms with Crippen LogP contribution in [0.5, 0.6) is 11.5 Å². The summed E-state index contributed by atoms with van der Waals surface area (Å²) in [6.45, 7) is 0.273. The van der Waals surface area contributed by atoms with Gasteiger partial charge in [-0.05, 0) is 110 Å². The van der Waals surface area contributed by atoms with E-state index >= 15 is 0 Å². The number of benzene rings is 2. The topological polar surface area (TPSA) is 109 Å². The number of likely N-dealkylation sites (tertiary alicyclic amines) is 1. The van der Waals surface area contributed by atoms with Gasteiger partial charge in [0, 0.05) is 22.3 Å². The van der Waals surface area contributed by atoms with E-state index in [1.54, 1.807) is 23.2 Å². The Labute approximate surface area is 290 Å². The quantitative estimate of drug-likeness (QED) is 0.139. The summed E-state index contributed by atoms with van der Waals surface area (Å²) in [4.78, 5) is 34.4. The molecule has 7 rings (SSSR count). The molecule has 248 valence electrons. The summed E-state index contributed by atoms with van der Waals surface area (Å²) in [5.74, 6) is -0.575. The van der Waals surface area contributed by atoms with Crippen LogP contribution in [-0.4, -0.2) is 57.7 Å². The lowest BCUT2D eigenvalue weighted by Crippen LogP contribution is -2.47. The molecule has 0 spiro atoms. The Hall–Kier alpha value is -3.73. The van der Waals surface area contributed by atoms with Gasteiger partial charge in [-0.25, -0.2) is 0 Å². The molecule has 3 aromatic rings. The van der Waals surface area contributed by atoms with Crippen LogP contribution in [0.3, 0.4) is 0 Å². The van der Waals surface area contributed by atoms with Crippen LogP contribution in [0.1, 0.15) is 62.6 Å². The number of halogens is 1. The molecule has 4 aliphatic rings. The Morgan fingerprint density at radius 1 is 1.02 bits per heavy atom. The maximum absolute atomic E-state index is 14.2. The van der Waals surface area contributed by atoms with Gasteiger partial charge in [-0.15, -0.1) is 0 Å². The number of hydrogen-bond donors (Lipinski definition) is 2. The highest BCUT2D eigenvalue weighted by atomic mass is 79.9. The number of hydrogen-bond acceptors (Lipinski definition) is 7. The van der Waals surface area contributed by atoms with Crippen molar-refractivity contribution in [3.63, 3.8) is 0 Å². The van der Waals surface area contributed by atoms with Crippen molar-refractivity contribution in [1.82, 2.24) is 9.88 Å². The lowest BCUT2D eigenvalue weighted by Gasteiger charge is -2.43. The van der Waals surface area contributed by atoms with Gasteiger partial charge in [0.15, 0.2) is 0 Å². The van der Waals surface area contributed by atoms with Gasteiger partial charge >= 0.3 is 7.12 Å². The molecule has 0 radical (unpaired) electrons. The second-order valence-electron chi connectivity index (χ2n) is 13.4. The van der Waals surface area contributed by atoms with Gasteiger partial charge < -0.3 is 19.5 Å². The maximum atomic E-state index is 14.2. The minimum Gasteiger partial charge on any atom is -0.507 e. The van der Waals surface area contributed by atoms with Crippen LogP contribution in [0.2, 0.25) is 6.32 Å². The fourth-order valence-corrected chi connectivity index (χ4v) is 8.63. The zero-order valence-electron chi connectivity index (χ0n) is 26.8. The van der Waals surface area contributed by atoms with Crippen molar-refractivity contribution in [2.75, 3.05) is 6.61 Å². The third-order valence-corrected chi connectivity index (χ3v) is 10.9. The number of aromatic hydroxyl groups is 1. The zero-order chi connectivity index (χ0) is 33.2. The van der Waals surface area contributed by atoms with Gasteiger partial charge in [0.2, 0.25) is 11.8 Å². The molecular formula is C38H40BBrN2O6. The van der Waals surface area contributed by atoms with E-state index in [1.807, 2.05) is 60.7 Å². The minimum atomic E-state index is -1.07. The molecule has 3 fully saturated rings. The largest absolute Gasteiger partial charge is 0.507 e. The highest BCUT2D eigenvalue weighted by Crippen LogP contribution is 2.51. The number of imide groups is 1. The smallest absolute Gasteiger partial charge is 0.455 e. The second kappa shape index (κ2) is 14.4. The number of pyridine rings is 1. The number of amides is 2. The van der Waals surface area contributed by atoms with Gasteiger partial charge in [0.05, 0.1) is 23.6 Å². The van der Waals surface area contributed by atoms with Crippen molar-refractivity contribution >= 4 is 46.5 Å². The van der Waals surface area contributed by atoms with Crippen LogP contribution < -0.4 is 4.74 Å². The third kappa shape index (κ3) is 6.75. The summed E-state index contributed by atoms with van der Waals surface area (Å²) in [5, 5.41) is 21.8. The monoisotopic (exact) mass is 710 g/mol. The van der Waals surface area contributed by atoms with Crippen LogP contribution in [0.15, 0.2) is 88.5 Å². The van der Waals surface area contributed by atoms with Crippen LogP contribution in [-0.2, 0) is 14.2 Å². The lowest BCUT2D eigenvalue weighted by atomic mass is 9.58. The highest BCUT2D eigenvalue weighted by molar-refractivity contribution is 9.10. The van der Waals surface area contributed by atoms with Gasteiger partial charge in [0.1, 0.15) is 18.1 Å². The van der Waals surface area contributed by atoms with Gasteiger partial charge in [-0.1, -0.05) is 59.5 Å². The molecule has 1 saturated carbocycles. The van der Waals surface area contributed by atoms with E-state index in [9.17, 15) is 19.7 Å². The van der Waals surface area contributed by atoms with Crippen LogP contribution in [0, 0.1) is 17.8 Å². The van der Waals surface area contributed by atoms with E-state index in [0.29, 0.717) is 24.8 Å². The summed E-state index contributed by atoms with van der Waals surface area (Å²) >= 11 is 3.51. The van der Waals surface area contributed by atoms with Crippen molar-refractivity contribution in [2.24, 2.45) is 17.8 Å². The number of para-hydroxylation sites is 1. The Morgan fingerprint density at radius 3 is 2.58 bits per heavy atom. The van der Waals surface area contributed by atoms with Gasteiger partial charge in [0.25, 0.3) is 0 Å². The van der Waals surface area contributed by atoms with E-state index in [4.69, 9.17) is 9.39 Å². The molecule has 2 aliphatic heterocycles. The third-order valence-electron chi connectivity index (χ3n) is 10.4. The molecule has 2 aromatic carbocycles. The lowest BCUT2D eigenvalue weighted by molar-refractivity contribution is -0.143. The SMILES string of the molecule is O=C1[C@@H]2[C@@H](CC(COc3ccccc3)=C3[C@@H](CC/C(=C/c4cc(Br)ccc4O)c4ccccn4)OB(O)C[C@@H]32)C(=O)N1C1CCCCC1. The number of carbonyl (C=O) groups is 2. The summed E-state index contributed by atoms with van der Waals surface area (Å²) in [6, 6.07) is 20.6. The predicted molar refractivity (Wildman–Crippen MR) is 188 cm³/mol. The second-order valence-corrected chi connectivity index (χ2v) is 14.3. The average Bonchev–Trinajstić information content (AvgIpc) is 3.36. The Balaban J connectivity index is 1.23. The normalized spacial score (nSPS) is 24.9. The van der Waals surface area contributed by atoms with E-state index in [-0.39, 0.29) is 42.5 Å². The molecule has 2 aliphatic carbocycles. The standard InChI is InChI=1S/C38H40BBrN2O6/c40-27-15-16-33(43)25(20-27)19-24(32-13-7-8-18-41-32)14-17-34-35-26(23-47-29-11-5-2-6-12-29)21-30-36(31(35)22-39(46)48-34)38(45)42(37(30)44)28-9-3-1-4-10-28/h2,5-8,11-13,15-16,18-20,28,30-31,34,36,43,46H,1,3-4,9-10,14,17,21-23H2/b24-19-/t30-,31+,34-,36-/m1/s1. The minimum absolute atomic E-state index is 0.0436. The molecule has 1 aromatic heterocycles. The molecule has 48 heavy (non-hydrogen) atoms. The zero-order valence-corrected chi connectivity index (χ0v) is 28.4. The fourth-order valence-electron chi connectivity index (χ4n) is 8.25. The highest BCUT2D eigenvalue weighted by Gasteiger charge is 2.58. The van der Waals surface area contributed by atoms with Gasteiger partial charge in [-0.3, -0.25) is 19.5 Å². The first-order valence-electron chi connectivity index (χ1n) is 17.1. The molecule has 10 heteroatoms. The molecule has 2 saturated heterocycles. The number of rotatable bonds is 9. The average molecular weight is 711 g/mol. The first-order valence-corrected chi connectivity index (χ1v) is 17.9.